The standard InChI is InChI=1S/C11H13NO2/c1-7-2-3-8-6-12-10(11(13)14)5-9(8)4-7/h2-4,10,12H,5-6H2,1H3,(H,13,14)/t10-/m1/s1. The molecule has 0 spiro atoms. The largest absolute Gasteiger partial charge is 0.480 e. The van der Waals surface area contributed by atoms with Gasteiger partial charge in [0.2, 0.25) is 0 Å². The molecule has 1 aliphatic heterocycles. The Morgan fingerprint density at radius 2 is 2.29 bits per heavy atom. The van der Waals surface area contributed by atoms with Crippen molar-refractivity contribution in [3.63, 3.8) is 0 Å². The first-order valence-electron chi connectivity index (χ1n) is 4.71. The van der Waals surface area contributed by atoms with Crippen LogP contribution in [0.15, 0.2) is 18.2 Å². The van der Waals surface area contributed by atoms with Crippen LogP contribution in [0.2, 0.25) is 0 Å². The van der Waals surface area contributed by atoms with Crippen LogP contribution in [0.4, 0.5) is 0 Å². The molecule has 14 heavy (non-hydrogen) atoms. The van der Waals surface area contributed by atoms with Gasteiger partial charge in [0, 0.05) is 6.54 Å². The molecule has 74 valence electrons. The van der Waals surface area contributed by atoms with Crippen LogP contribution >= 0.6 is 0 Å². The molecular formula is C11H13NO2. The smallest absolute Gasteiger partial charge is 0.321 e. The van der Waals surface area contributed by atoms with Crippen molar-refractivity contribution in [3.8, 4) is 0 Å². The van der Waals surface area contributed by atoms with E-state index < -0.39 is 12.0 Å². The molecule has 0 unspecified atom stereocenters. The Kier molecular flexibility index (Phi) is 2.25. The Balaban J connectivity index is 2.29. The number of fused-ring (bicyclic) bond motifs is 1. The molecule has 1 atom stereocenters. The molecule has 0 aromatic heterocycles. The number of aryl methyl sites for hydroxylation is 1. The van der Waals surface area contributed by atoms with Crippen molar-refractivity contribution in [1.82, 2.24) is 5.32 Å². The number of aliphatic carboxylic acids is 1. The van der Waals surface area contributed by atoms with Gasteiger partial charge in [0.1, 0.15) is 6.04 Å². The second kappa shape index (κ2) is 3.42. The van der Waals surface area contributed by atoms with Crippen molar-refractivity contribution in [3.05, 3.63) is 34.9 Å². The van der Waals surface area contributed by atoms with Gasteiger partial charge in [-0.15, -0.1) is 0 Å². The van der Waals surface area contributed by atoms with E-state index in [2.05, 4.69) is 23.5 Å². The maximum Gasteiger partial charge on any atom is 0.321 e. The van der Waals surface area contributed by atoms with Crippen LogP contribution in [0.1, 0.15) is 16.7 Å². The topological polar surface area (TPSA) is 49.3 Å². The van der Waals surface area contributed by atoms with Gasteiger partial charge in [0.05, 0.1) is 0 Å². The summed E-state index contributed by atoms with van der Waals surface area (Å²) in [5.41, 5.74) is 3.57. The Hall–Kier alpha value is -1.35. The van der Waals surface area contributed by atoms with Crippen LogP contribution in [0, 0.1) is 6.92 Å². The summed E-state index contributed by atoms with van der Waals surface area (Å²) in [5, 5.41) is 11.9. The molecule has 0 bridgehead atoms. The number of carboxylic acids is 1. The Labute approximate surface area is 82.8 Å². The molecule has 2 rings (SSSR count). The first kappa shape index (κ1) is 9.21. The summed E-state index contributed by atoms with van der Waals surface area (Å²) in [6.45, 7) is 2.69. The highest BCUT2D eigenvalue weighted by Gasteiger charge is 2.23. The zero-order chi connectivity index (χ0) is 10.1. The van der Waals surface area contributed by atoms with Crippen molar-refractivity contribution < 1.29 is 9.90 Å². The van der Waals surface area contributed by atoms with Gasteiger partial charge < -0.3 is 10.4 Å². The van der Waals surface area contributed by atoms with Crippen LogP contribution in [-0.2, 0) is 17.8 Å². The summed E-state index contributed by atoms with van der Waals surface area (Å²) in [6.07, 6.45) is 0.590. The lowest BCUT2D eigenvalue weighted by Crippen LogP contribution is -2.41. The van der Waals surface area contributed by atoms with Crippen molar-refractivity contribution in [2.24, 2.45) is 0 Å². The van der Waals surface area contributed by atoms with Crippen molar-refractivity contribution in [2.75, 3.05) is 0 Å². The van der Waals surface area contributed by atoms with E-state index in [0.29, 0.717) is 13.0 Å². The lowest BCUT2D eigenvalue weighted by atomic mass is 9.94. The predicted molar refractivity (Wildman–Crippen MR) is 53.1 cm³/mol. The normalized spacial score (nSPS) is 20.2. The molecule has 2 N–H and O–H groups in total. The number of nitrogens with one attached hydrogen (secondary N) is 1. The van der Waals surface area contributed by atoms with Crippen molar-refractivity contribution in [2.45, 2.75) is 25.9 Å². The molecule has 1 aromatic carbocycles. The van der Waals surface area contributed by atoms with Gasteiger partial charge in [0.25, 0.3) is 0 Å². The molecule has 0 amide bonds. The van der Waals surface area contributed by atoms with Gasteiger partial charge in [-0.3, -0.25) is 4.79 Å². The summed E-state index contributed by atoms with van der Waals surface area (Å²) in [7, 11) is 0. The summed E-state index contributed by atoms with van der Waals surface area (Å²) >= 11 is 0. The van der Waals surface area contributed by atoms with Gasteiger partial charge in [-0.05, 0) is 24.5 Å². The minimum atomic E-state index is -0.767. The molecule has 3 nitrogen and oxygen atoms in total. The van der Waals surface area contributed by atoms with E-state index in [1.54, 1.807) is 0 Å². The SMILES string of the molecule is Cc1ccc2c(c1)C[C@H](C(=O)O)NC2. The van der Waals surface area contributed by atoms with E-state index in [4.69, 9.17) is 5.11 Å². The summed E-state index contributed by atoms with van der Waals surface area (Å²) < 4.78 is 0. The quantitative estimate of drug-likeness (QED) is 0.698. The highest BCUT2D eigenvalue weighted by Crippen LogP contribution is 2.18. The van der Waals surface area contributed by atoms with E-state index in [0.717, 1.165) is 5.56 Å². The minimum absolute atomic E-state index is 0.427. The molecule has 0 saturated carbocycles. The van der Waals surface area contributed by atoms with E-state index in [1.165, 1.54) is 11.1 Å². The van der Waals surface area contributed by atoms with Gasteiger partial charge >= 0.3 is 5.97 Å². The van der Waals surface area contributed by atoms with Crippen LogP contribution in [-0.4, -0.2) is 17.1 Å². The van der Waals surface area contributed by atoms with E-state index in [-0.39, 0.29) is 0 Å². The van der Waals surface area contributed by atoms with Crippen molar-refractivity contribution >= 4 is 5.97 Å². The maximum absolute atomic E-state index is 10.8. The molecule has 3 heteroatoms. The van der Waals surface area contributed by atoms with Crippen LogP contribution in [0.25, 0.3) is 0 Å². The third-order valence-corrected chi connectivity index (χ3v) is 2.62. The zero-order valence-electron chi connectivity index (χ0n) is 8.08. The molecule has 0 saturated heterocycles. The number of hydrogen-bond acceptors (Lipinski definition) is 2. The Morgan fingerprint density at radius 1 is 1.50 bits per heavy atom. The predicted octanol–water partition coefficient (Wildman–Crippen LogP) is 1.09. The number of benzene rings is 1. The zero-order valence-corrected chi connectivity index (χ0v) is 8.08. The van der Waals surface area contributed by atoms with Gasteiger partial charge in [0.15, 0.2) is 0 Å². The number of carboxylic acid groups (broad SMARTS) is 1. The highest BCUT2D eigenvalue weighted by molar-refractivity contribution is 5.74. The molecule has 0 aliphatic carbocycles. The lowest BCUT2D eigenvalue weighted by Gasteiger charge is -2.23. The Morgan fingerprint density at radius 3 is 3.00 bits per heavy atom. The van der Waals surface area contributed by atoms with E-state index in [9.17, 15) is 4.79 Å². The second-order valence-corrected chi connectivity index (χ2v) is 3.75. The molecule has 1 heterocycles. The second-order valence-electron chi connectivity index (χ2n) is 3.75. The molecular weight excluding hydrogens is 178 g/mol. The Bertz CT molecular complexity index is 374. The fraction of sp³-hybridized carbons (Fsp3) is 0.364. The highest BCUT2D eigenvalue weighted by atomic mass is 16.4. The van der Waals surface area contributed by atoms with Crippen LogP contribution < -0.4 is 5.32 Å². The third kappa shape index (κ3) is 1.63. The van der Waals surface area contributed by atoms with E-state index in [1.807, 2.05) is 6.92 Å². The minimum Gasteiger partial charge on any atom is -0.480 e. The average Bonchev–Trinajstić information content (AvgIpc) is 2.16. The number of carbonyl (C=O) groups is 1. The molecule has 1 aliphatic rings. The summed E-state index contributed by atoms with van der Waals surface area (Å²) in [4.78, 5) is 10.8. The van der Waals surface area contributed by atoms with Crippen molar-refractivity contribution in [1.29, 1.82) is 0 Å². The summed E-state index contributed by atoms with van der Waals surface area (Å²) in [5.74, 6) is -0.767. The number of hydrogen-bond donors (Lipinski definition) is 2. The monoisotopic (exact) mass is 191 g/mol. The average molecular weight is 191 g/mol. The third-order valence-electron chi connectivity index (χ3n) is 2.62. The van der Waals surface area contributed by atoms with E-state index >= 15 is 0 Å². The molecule has 0 radical (unpaired) electrons. The first-order valence-corrected chi connectivity index (χ1v) is 4.71. The van der Waals surface area contributed by atoms with Gasteiger partial charge in [-0.2, -0.15) is 0 Å². The molecule has 1 aromatic rings. The lowest BCUT2D eigenvalue weighted by molar-refractivity contribution is -0.139. The fourth-order valence-corrected chi connectivity index (χ4v) is 1.82. The first-order chi connectivity index (χ1) is 6.66. The maximum atomic E-state index is 10.8. The van der Waals surface area contributed by atoms with Gasteiger partial charge in [-0.25, -0.2) is 0 Å². The van der Waals surface area contributed by atoms with Gasteiger partial charge in [-0.1, -0.05) is 23.8 Å². The van der Waals surface area contributed by atoms with Crippen LogP contribution in [0.5, 0.6) is 0 Å². The number of rotatable bonds is 1. The fourth-order valence-electron chi connectivity index (χ4n) is 1.82. The summed E-state index contributed by atoms with van der Waals surface area (Å²) in [6, 6.07) is 5.77. The van der Waals surface area contributed by atoms with Crippen LogP contribution in [0.3, 0.4) is 0 Å². The molecule has 0 fully saturated rings.